The Labute approximate surface area is 65.6 Å². The topological polar surface area (TPSA) is 97.0 Å². The Bertz CT molecular complexity index is 351. The van der Waals surface area contributed by atoms with E-state index in [0.717, 1.165) is 6.07 Å². The molecule has 0 saturated carbocycles. The summed E-state index contributed by atoms with van der Waals surface area (Å²) in [5.74, 6) is -1.09. The molecule has 2 N–H and O–H groups in total. The summed E-state index contributed by atoms with van der Waals surface area (Å²) >= 11 is 0. The van der Waals surface area contributed by atoms with Gasteiger partial charge in [0.25, 0.3) is 5.95 Å². The van der Waals surface area contributed by atoms with Crippen LogP contribution in [0.25, 0.3) is 0 Å². The molecule has 64 valence electrons. The fourth-order valence-electron chi connectivity index (χ4n) is 0.527. The molecule has 1 rings (SSSR count). The number of hydrogen-bond donors (Lipinski definition) is 2. The summed E-state index contributed by atoms with van der Waals surface area (Å²) in [7, 11) is 0. The maximum atomic E-state index is 10.6. The molecule has 0 aromatic carbocycles. The molecule has 1 heterocycles. The standard InChI is InChI=1S/C6H4O6/c7-3-1-5(12-6(9)10)11-2-4(3)8/h1-2,8H,(H,9,10). The summed E-state index contributed by atoms with van der Waals surface area (Å²) in [6.45, 7) is 0. The van der Waals surface area contributed by atoms with Crippen LogP contribution in [0.5, 0.6) is 11.7 Å². The number of aromatic hydroxyl groups is 1. The zero-order chi connectivity index (χ0) is 9.14. The van der Waals surface area contributed by atoms with Gasteiger partial charge in [-0.1, -0.05) is 0 Å². The van der Waals surface area contributed by atoms with Crippen LogP contribution < -0.4 is 10.2 Å². The van der Waals surface area contributed by atoms with E-state index in [-0.39, 0.29) is 0 Å². The maximum Gasteiger partial charge on any atom is 0.513 e. The molecule has 0 radical (unpaired) electrons. The minimum Gasteiger partial charge on any atom is -0.502 e. The second-order valence-electron chi connectivity index (χ2n) is 1.82. The van der Waals surface area contributed by atoms with Gasteiger partial charge >= 0.3 is 6.16 Å². The predicted octanol–water partition coefficient (Wildman–Crippen LogP) is 0.402. The molecule has 0 unspecified atom stereocenters. The van der Waals surface area contributed by atoms with Gasteiger partial charge in [0, 0.05) is 0 Å². The van der Waals surface area contributed by atoms with E-state index in [1.165, 1.54) is 0 Å². The van der Waals surface area contributed by atoms with Gasteiger partial charge in [-0.15, -0.1) is 0 Å². The van der Waals surface area contributed by atoms with Crippen molar-refractivity contribution in [3.8, 4) is 11.7 Å². The zero-order valence-corrected chi connectivity index (χ0v) is 5.68. The van der Waals surface area contributed by atoms with Crippen molar-refractivity contribution >= 4 is 6.16 Å². The van der Waals surface area contributed by atoms with Crippen LogP contribution in [-0.4, -0.2) is 16.4 Å². The first-order chi connectivity index (χ1) is 5.59. The van der Waals surface area contributed by atoms with Crippen LogP contribution in [0, 0.1) is 0 Å². The summed E-state index contributed by atoms with van der Waals surface area (Å²) in [6.07, 6.45) is -0.899. The van der Waals surface area contributed by atoms with Crippen LogP contribution in [0.15, 0.2) is 21.5 Å². The van der Waals surface area contributed by atoms with E-state index in [1.54, 1.807) is 0 Å². The molecule has 0 aliphatic carbocycles. The normalized spacial score (nSPS) is 9.33. The van der Waals surface area contributed by atoms with E-state index in [4.69, 9.17) is 10.2 Å². The minimum atomic E-state index is -1.59. The molecule has 0 spiro atoms. The zero-order valence-electron chi connectivity index (χ0n) is 5.68. The van der Waals surface area contributed by atoms with Gasteiger partial charge in [-0.05, 0) is 0 Å². The summed E-state index contributed by atoms with van der Waals surface area (Å²) in [4.78, 5) is 20.6. The van der Waals surface area contributed by atoms with E-state index in [9.17, 15) is 9.59 Å². The van der Waals surface area contributed by atoms with Crippen LogP contribution in [0.4, 0.5) is 4.79 Å². The number of carbonyl (C=O) groups is 1. The second kappa shape index (κ2) is 2.95. The Balaban J connectivity index is 2.97. The van der Waals surface area contributed by atoms with Crippen molar-refractivity contribution < 1.29 is 24.2 Å². The molecule has 0 atom stereocenters. The molecule has 1 aromatic heterocycles. The van der Waals surface area contributed by atoms with E-state index >= 15 is 0 Å². The molecule has 0 aliphatic rings. The van der Waals surface area contributed by atoms with E-state index in [1.807, 2.05) is 0 Å². The van der Waals surface area contributed by atoms with Gasteiger partial charge in [-0.25, -0.2) is 4.79 Å². The van der Waals surface area contributed by atoms with Gasteiger partial charge in [-0.2, -0.15) is 0 Å². The van der Waals surface area contributed by atoms with Crippen molar-refractivity contribution in [3.63, 3.8) is 0 Å². The molecule has 6 heteroatoms. The molecule has 6 nitrogen and oxygen atoms in total. The van der Waals surface area contributed by atoms with Crippen molar-refractivity contribution in [2.24, 2.45) is 0 Å². The van der Waals surface area contributed by atoms with Crippen LogP contribution in [0.2, 0.25) is 0 Å². The fraction of sp³-hybridized carbons (Fsp3) is 0. The first kappa shape index (κ1) is 8.12. The highest BCUT2D eigenvalue weighted by atomic mass is 16.7. The third-order valence-electron chi connectivity index (χ3n) is 0.976. The molecular weight excluding hydrogens is 168 g/mol. The average molecular weight is 172 g/mol. The van der Waals surface area contributed by atoms with Crippen LogP contribution in [0.3, 0.4) is 0 Å². The summed E-state index contributed by atoms with van der Waals surface area (Å²) in [6, 6.07) is 0.726. The third kappa shape index (κ3) is 1.75. The Morgan fingerprint density at radius 1 is 1.58 bits per heavy atom. The Kier molecular flexibility index (Phi) is 2.00. The molecule has 0 bridgehead atoms. The Hall–Kier alpha value is -1.98. The predicted molar refractivity (Wildman–Crippen MR) is 35.3 cm³/mol. The van der Waals surface area contributed by atoms with Crippen molar-refractivity contribution in [3.05, 3.63) is 22.6 Å². The highest BCUT2D eigenvalue weighted by Crippen LogP contribution is 2.10. The number of rotatable bonds is 1. The van der Waals surface area contributed by atoms with Gasteiger partial charge in [0.2, 0.25) is 5.43 Å². The van der Waals surface area contributed by atoms with Crippen molar-refractivity contribution in [2.75, 3.05) is 0 Å². The fourth-order valence-corrected chi connectivity index (χ4v) is 0.527. The lowest BCUT2D eigenvalue weighted by molar-refractivity contribution is 0.131. The smallest absolute Gasteiger partial charge is 0.502 e. The van der Waals surface area contributed by atoms with Gasteiger partial charge in [-0.3, -0.25) is 4.79 Å². The average Bonchev–Trinajstić information content (AvgIpc) is 1.96. The molecule has 0 aliphatic heterocycles. The van der Waals surface area contributed by atoms with Gasteiger partial charge in [0.15, 0.2) is 5.75 Å². The minimum absolute atomic E-state index is 0.481. The second-order valence-corrected chi connectivity index (χ2v) is 1.82. The van der Waals surface area contributed by atoms with Crippen LogP contribution in [-0.2, 0) is 0 Å². The summed E-state index contributed by atoms with van der Waals surface area (Å²) in [5, 5.41) is 16.7. The Morgan fingerprint density at radius 3 is 2.75 bits per heavy atom. The first-order valence-electron chi connectivity index (χ1n) is 2.82. The lowest BCUT2D eigenvalue weighted by atomic mass is 10.5. The van der Waals surface area contributed by atoms with Crippen molar-refractivity contribution in [2.45, 2.75) is 0 Å². The monoisotopic (exact) mass is 172 g/mol. The molecule has 0 saturated heterocycles. The first-order valence-corrected chi connectivity index (χ1v) is 2.82. The van der Waals surface area contributed by atoms with Crippen molar-refractivity contribution in [1.29, 1.82) is 0 Å². The van der Waals surface area contributed by atoms with E-state index in [2.05, 4.69) is 9.15 Å². The van der Waals surface area contributed by atoms with Gasteiger partial charge in [0.1, 0.15) is 6.26 Å². The number of hydrogen-bond acceptors (Lipinski definition) is 5. The quantitative estimate of drug-likeness (QED) is 0.595. The SMILES string of the molecule is O=C(O)Oc1cc(=O)c(O)co1. The summed E-state index contributed by atoms with van der Waals surface area (Å²) in [5.41, 5.74) is -0.766. The van der Waals surface area contributed by atoms with Gasteiger partial charge in [0.05, 0.1) is 6.07 Å². The Morgan fingerprint density at radius 2 is 2.25 bits per heavy atom. The molecular formula is C6H4O6. The highest BCUT2D eigenvalue weighted by molar-refractivity contribution is 5.59. The largest absolute Gasteiger partial charge is 0.513 e. The lowest BCUT2D eigenvalue weighted by Crippen LogP contribution is -2.06. The maximum absolute atomic E-state index is 10.6. The van der Waals surface area contributed by atoms with E-state index < -0.39 is 23.3 Å². The van der Waals surface area contributed by atoms with Crippen LogP contribution in [0.1, 0.15) is 0 Å². The van der Waals surface area contributed by atoms with Crippen molar-refractivity contribution in [1.82, 2.24) is 0 Å². The van der Waals surface area contributed by atoms with Gasteiger partial charge < -0.3 is 19.4 Å². The summed E-state index contributed by atoms with van der Waals surface area (Å²) < 4.78 is 8.39. The number of carboxylic acid groups (broad SMARTS) is 1. The molecule has 0 amide bonds. The molecule has 12 heavy (non-hydrogen) atoms. The van der Waals surface area contributed by atoms with E-state index in [0.29, 0.717) is 6.26 Å². The molecule has 0 fully saturated rings. The highest BCUT2D eigenvalue weighted by Gasteiger charge is 2.05. The molecule has 1 aromatic rings. The lowest BCUT2D eigenvalue weighted by Gasteiger charge is -1.95. The third-order valence-corrected chi connectivity index (χ3v) is 0.976. The van der Waals surface area contributed by atoms with Crippen LogP contribution >= 0.6 is 0 Å². The number of ether oxygens (including phenoxy) is 1.